The molecule has 0 unspecified atom stereocenters. The maximum absolute atomic E-state index is 11.8. The van der Waals surface area contributed by atoms with E-state index in [9.17, 15) is 9.59 Å². The third-order valence-corrected chi connectivity index (χ3v) is 3.09. The Hall–Kier alpha value is -1.61. The van der Waals surface area contributed by atoms with Crippen molar-refractivity contribution in [3.8, 4) is 5.88 Å². The first-order chi connectivity index (χ1) is 9.99. The highest BCUT2D eigenvalue weighted by Crippen LogP contribution is 2.14. The van der Waals surface area contributed by atoms with E-state index < -0.39 is 19.1 Å². The van der Waals surface area contributed by atoms with Gasteiger partial charge in [0, 0.05) is 10.7 Å². The second-order valence-electron chi connectivity index (χ2n) is 4.46. The molecule has 0 bridgehead atoms. The van der Waals surface area contributed by atoms with Crippen LogP contribution in [0.2, 0.25) is 0 Å². The maximum atomic E-state index is 11.8. The number of aromatic nitrogens is 1. The van der Waals surface area contributed by atoms with Crippen LogP contribution in [-0.2, 0) is 18.9 Å². The van der Waals surface area contributed by atoms with Gasteiger partial charge in [-0.05, 0) is 36.0 Å². The molecule has 1 aliphatic heterocycles. The molecule has 0 aliphatic carbocycles. The average molecular weight is 357 g/mol. The van der Waals surface area contributed by atoms with Crippen LogP contribution in [0.4, 0.5) is 0 Å². The molecule has 0 radical (unpaired) electrons. The zero-order valence-electron chi connectivity index (χ0n) is 11.7. The SMILES string of the molecule is CCOc1ncc(Br)cc1B1OC(=O)CN(C)CC(=O)O1. The number of hydrogen-bond donors (Lipinski definition) is 0. The molecule has 0 saturated carbocycles. The van der Waals surface area contributed by atoms with E-state index in [0.29, 0.717) is 16.5 Å². The highest BCUT2D eigenvalue weighted by molar-refractivity contribution is 9.10. The summed E-state index contributed by atoms with van der Waals surface area (Å²) in [5.41, 5.74) is 0.387. The van der Waals surface area contributed by atoms with Gasteiger partial charge in [0.1, 0.15) is 0 Å². The zero-order valence-corrected chi connectivity index (χ0v) is 13.3. The molecule has 0 spiro atoms. The molecule has 0 amide bonds. The Balaban J connectivity index is 2.31. The molecule has 2 rings (SSSR count). The lowest BCUT2D eigenvalue weighted by atomic mass is 9.79. The molecule has 0 atom stereocenters. The van der Waals surface area contributed by atoms with Crippen LogP contribution in [0.1, 0.15) is 6.92 Å². The molecule has 112 valence electrons. The molecule has 7 nitrogen and oxygen atoms in total. The fourth-order valence-electron chi connectivity index (χ4n) is 1.83. The van der Waals surface area contributed by atoms with Crippen LogP contribution in [0.3, 0.4) is 0 Å². The molecule has 1 saturated heterocycles. The lowest BCUT2D eigenvalue weighted by molar-refractivity contribution is -0.145. The second-order valence-corrected chi connectivity index (χ2v) is 5.38. The highest BCUT2D eigenvalue weighted by atomic mass is 79.9. The average Bonchev–Trinajstić information content (AvgIpc) is 2.38. The monoisotopic (exact) mass is 356 g/mol. The van der Waals surface area contributed by atoms with Gasteiger partial charge in [0.15, 0.2) is 0 Å². The van der Waals surface area contributed by atoms with E-state index in [0.717, 1.165) is 0 Å². The topological polar surface area (TPSA) is 78.0 Å². The van der Waals surface area contributed by atoms with Gasteiger partial charge in [-0.1, -0.05) is 0 Å². The molecular formula is C12H14BBrN2O5. The smallest absolute Gasteiger partial charge is 0.494 e. The van der Waals surface area contributed by atoms with Crippen molar-refractivity contribution in [1.29, 1.82) is 0 Å². The van der Waals surface area contributed by atoms with Crippen LogP contribution in [0.25, 0.3) is 0 Å². The molecule has 0 aromatic carbocycles. The van der Waals surface area contributed by atoms with E-state index >= 15 is 0 Å². The van der Waals surface area contributed by atoms with Crippen LogP contribution >= 0.6 is 15.9 Å². The van der Waals surface area contributed by atoms with Gasteiger partial charge in [0.25, 0.3) is 0 Å². The first-order valence-electron chi connectivity index (χ1n) is 6.35. The van der Waals surface area contributed by atoms with Gasteiger partial charge in [-0.3, -0.25) is 14.5 Å². The zero-order chi connectivity index (χ0) is 15.4. The quantitative estimate of drug-likeness (QED) is 0.704. The van der Waals surface area contributed by atoms with Gasteiger partial charge in [0.2, 0.25) is 5.88 Å². The molecule has 21 heavy (non-hydrogen) atoms. The van der Waals surface area contributed by atoms with Crippen LogP contribution in [0.5, 0.6) is 5.88 Å². The summed E-state index contributed by atoms with van der Waals surface area (Å²) in [5, 5.41) is 0. The van der Waals surface area contributed by atoms with E-state index in [1.54, 1.807) is 26.2 Å². The Labute approximate surface area is 130 Å². The Morgan fingerprint density at radius 3 is 2.57 bits per heavy atom. The normalized spacial score (nSPS) is 16.8. The predicted octanol–water partition coefficient (Wildman–Crippen LogP) is -0.0302. The molecule has 1 aliphatic rings. The standard InChI is InChI=1S/C12H14BBrN2O5/c1-3-19-12-9(4-8(14)5-15-12)13-20-10(17)6-16(2)7-11(18)21-13/h4-5H,3,6-7H2,1-2H3. The van der Waals surface area contributed by atoms with Gasteiger partial charge in [0.05, 0.1) is 25.2 Å². The third kappa shape index (κ3) is 4.18. The summed E-state index contributed by atoms with van der Waals surface area (Å²) in [5.74, 6) is -0.713. The Kier molecular flexibility index (Phi) is 5.19. The van der Waals surface area contributed by atoms with E-state index in [1.807, 2.05) is 0 Å². The molecule has 9 heteroatoms. The Morgan fingerprint density at radius 2 is 2.00 bits per heavy atom. The van der Waals surface area contributed by atoms with Crippen molar-refractivity contribution in [2.45, 2.75) is 6.92 Å². The number of halogens is 1. The molecule has 1 aromatic heterocycles. The first kappa shape index (κ1) is 15.8. The maximum Gasteiger partial charge on any atom is 0.642 e. The van der Waals surface area contributed by atoms with Gasteiger partial charge in [-0.2, -0.15) is 0 Å². The van der Waals surface area contributed by atoms with Gasteiger partial charge in [-0.15, -0.1) is 0 Å². The Morgan fingerprint density at radius 1 is 1.38 bits per heavy atom. The van der Waals surface area contributed by atoms with E-state index in [-0.39, 0.29) is 19.0 Å². The van der Waals surface area contributed by atoms with E-state index in [2.05, 4.69) is 20.9 Å². The van der Waals surface area contributed by atoms with Crippen LogP contribution in [0, 0.1) is 0 Å². The Bertz CT molecular complexity index is 536. The molecular weight excluding hydrogens is 343 g/mol. The third-order valence-electron chi connectivity index (χ3n) is 2.66. The lowest BCUT2D eigenvalue weighted by Gasteiger charge is -2.23. The lowest BCUT2D eigenvalue weighted by Crippen LogP contribution is -2.48. The number of ether oxygens (including phenoxy) is 1. The summed E-state index contributed by atoms with van der Waals surface area (Å²) in [6.07, 6.45) is 1.55. The number of carbonyl (C=O) groups excluding carboxylic acids is 2. The summed E-state index contributed by atoms with van der Waals surface area (Å²) in [7, 11) is 0.472. The summed E-state index contributed by atoms with van der Waals surface area (Å²) in [4.78, 5) is 29.1. The number of hydrogen-bond acceptors (Lipinski definition) is 7. The fourth-order valence-corrected chi connectivity index (χ4v) is 2.18. The van der Waals surface area contributed by atoms with Crippen molar-refractivity contribution in [2.24, 2.45) is 0 Å². The van der Waals surface area contributed by atoms with E-state index in [4.69, 9.17) is 14.0 Å². The molecule has 1 aromatic rings. The fraction of sp³-hybridized carbons (Fsp3) is 0.417. The summed E-state index contributed by atoms with van der Waals surface area (Å²) in [6.45, 7) is 2.21. The van der Waals surface area contributed by atoms with Crippen molar-refractivity contribution in [1.82, 2.24) is 9.88 Å². The molecule has 2 heterocycles. The number of rotatable bonds is 3. The van der Waals surface area contributed by atoms with Crippen molar-refractivity contribution in [3.63, 3.8) is 0 Å². The molecule has 0 N–H and O–H groups in total. The van der Waals surface area contributed by atoms with Crippen molar-refractivity contribution >= 4 is 40.4 Å². The van der Waals surface area contributed by atoms with Crippen molar-refractivity contribution < 1.29 is 23.6 Å². The minimum absolute atomic E-state index is 0.0109. The summed E-state index contributed by atoms with van der Waals surface area (Å²) in [6, 6.07) is 1.65. The predicted molar refractivity (Wildman–Crippen MR) is 78.2 cm³/mol. The van der Waals surface area contributed by atoms with Crippen molar-refractivity contribution in [2.75, 3.05) is 26.7 Å². The van der Waals surface area contributed by atoms with Crippen molar-refractivity contribution in [3.05, 3.63) is 16.7 Å². The highest BCUT2D eigenvalue weighted by Gasteiger charge is 2.37. The van der Waals surface area contributed by atoms with Crippen LogP contribution in [-0.4, -0.2) is 55.7 Å². The summed E-state index contributed by atoms with van der Waals surface area (Å²) < 4.78 is 16.4. The van der Waals surface area contributed by atoms with Gasteiger partial charge >= 0.3 is 19.1 Å². The first-order valence-corrected chi connectivity index (χ1v) is 7.14. The van der Waals surface area contributed by atoms with Crippen LogP contribution in [0.15, 0.2) is 16.7 Å². The van der Waals surface area contributed by atoms with Crippen LogP contribution < -0.4 is 10.2 Å². The number of likely N-dealkylation sites (N-methyl/N-ethyl adjacent to an activating group) is 1. The number of pyridine rings is 1. The minimum atomic E-state index is -1.16. The van der Waals surface area contributed by atoms with Gasteiger partial charge < -0.3 is 14.0 Å². The summed E-state index contributed by atoms with van der Waals surface area (Å²) >= 11 is 3.28. The number of carbonyl (C=O) groups is 2. The van der Waals surface area contributed by atoms with Gasteiger partial charge in [-0.25, -0.2) is 4.98 Å². The minimum Gasteiger partial charge on any atom is -0.494 e. The molecule has 1 fully saturated rings. The van der Waals surface area contributed by atoms with E-state index in [1.165, 1.54) is 4.90 Å². The number of nitrogens with zero attached hydrogens (tertiary/aromatic N) is 2. The second kappa shape index (κ2) is 6.90. The largest absolute Gasteiger partial charge is 0.642 e.